The van der Waals surface area contributed by atoms with Crippen LogP contribution in [0.2, 0.25) is 0 Å². The van der Waals surface area contributed by atoms with E-state index in [1.54, 1.807) is 21.7 Å². The highest BCUT2D eigenvalue weighted by Gasteiger charge is 2.33. The SMILES string of the molecule is CCN(C1CCC(N)CC1)S(=O)(=O)c1cc(C)sc1C. The first kappa shape index (κ1) is 15.9. The average molecular weight is 316 g/mol. The van der Waals surface area contributed by atoms with Gasteiger partial charge in [-0.3, -0.25) is 0 Å². The van der Waals surface area contributed by atoms with Gasteiger partial charge in [0.25, 0.3) is 0 Å². The fourth-order valence-corrected chi connectivity index (χ4v) is 6.22. The van der Waals surface area contributed by atoms with Crippen molar-refractivity contribution in [3.8, 4) is 0 Å². The molecule has 1 aliphatic carbocycles. The lowest BCUT2D eigenvalue weighted by Crippen LogP contribution is -2.44. The molecule has 0 amide bonds. The highest BCUT2D eigenvalue weighted by atomic mass is 32.2. The van der Waals surface area contributed by atoms with Crippen molar-refractivity contribution >= 4 is 21.4 Å². The van der Waals surface area contributed by atoms with E-state index in [-0.39, 0.29) is 12.1 Å². The van der Waals surface area contributed by atoms with E-state index in [1.165, 1.54) is 0 Å². The third-order valence-electron chi connectivity index (χ3n) is 4.04. The minimum absolute atomic E-state index is 0.101. The predicted octanol–water partition coefficient (Wildman–Crippen LogP) is 2.65. The van der Waals surface area contributed by atoms with Gasteiger partial charge in [0.2, 0.25) is 10.0 Å². The van der Waals surface area contributed by atoms with Crippen LogP contribution in [0.25, 0.3) is 0 Å². The molecule has 0 unspecified atom stereocenters. The Kier molecular flexibility index (Phi) is 4.89. The summed E-state index contributed by atoms with van der Waals surface area (Å²) in [6.45, 7) is 6.28. The molecule has 0 atom stereocenters. The maximum atomic E-state index is 12.9. The summed E-state index contributed by atoms with van der Waals surface area (Å²) >= 11 is 1.55. The molecule has 0 aliphatic heterocycles. The Balaban J connectivity index is 2.28. The zero-order chi connectivity index (χ0) is 14.9. The van der Waals surface area contributed by atoms with E-state index in [1.807, 2.05) is 20.8 Å². The van der Waals surface area contributed by atoms with Crippen molar-refractivity contribution in [2.24, 2.45) is 5.73 Å². The third kappa shape index (κ3) is 3.08. The molecular weight excluding hydrogens is 292 g/mol. The van der Waals surface area contributed by atoms with Crippen LogP contribution in [0.4, 0.5) is 0 Å². The lowest BCUT2D eigenvalue weighted by molar-refractivity contribution is 0.247. The summed E-state index contributed by atoms with van der Waals surface area (Å²) in [6, 6.07) is 2.13. The van der Waals surface area contributed by atoms with Crippen molar-refractivity contribution in [2.45, 2.75) is 63.4 Å². The van der Waals surface area contributed by atoms with E-state index in [9.17, 15) is 8.42 Å². The van der Waals surface area contributed by atoms with Crippen molar-refractivity contribution in [1.82, 2.24) is 4.31 Å². The Hall–Kier alpha value is -0.430. The molecule has 6 heteroatoms. The topological polar surface area (TPSA) is 63.4 Å². The summed E-state index contributed by atoms with van der Waals surface area (Å²) in [5.41, 5.74) is 5.92. The van der Waals surface area contributed by atoms with Gasteiger partial charge in [0.1, 0.15) is 0 Å². The van der Waals surface area contributed by atoms with Crippen LogP contribution < -0.4 is 5.73 Å². The van der Waals surface area contributed by atoms with Crippen LogP contribution in [0.15, 0.2) is 11.0 Å². The van der Waals surface area contributed by atoms with Gasteiger partial charge in [-0.1, -0.05) is 6.92 Å². The van der Waals surface area contributed by atoms with Gasteiger partial charge in [0, 0.05) is 28.4 Å². The van der Waals surface area contributed by atoms with Gasteiger partial charge in [-0.2, -0.15) is 4.31 Å². The third-order valence-corrected chi connectivity index (χ3v) is 7.29. The van der Waals surface area contributed by atoms with Crippen LogP contribution in [0.3, 0.4) is 0 Å². The van der Waals surface area contributed by atoms with Crippen molar-refractivity contribution in [1.29, 1.82) is 0 Å². The lowest BCUT2D eigenvalue weighted by atomic mass is 9.92. The molecule has 114 valence electrons. The molecule has 0 spiro atoms. The zero-order valence-corrected chi connectivity index (χ0v) is 14.1. The van der Waals surface area contributed by atoms with Gasteiger partial charge >= 0.3 is 0 Å². The van der Waals surface area contributed by atoms with Crippen molar-refractivity contribution in [3.63, 3.8) is 0 Å². The first-order valence-corrected chi connectivity index (χ1v) is 9.46. The molecule has 1 aromatic heterocycles. The Morgan fingerprint density at radius 2 is 1.90 bits per heavy atom. The quantitative estimate of drug-likeness (QED) is 0.929. The average Bonchev–Trinajstić information content (AvgIpc) is 2.72. The second-order valence-electron chi connectivity index (χ2n) is 5.55. The maximum Gasteiger partial charge on any atom is 0.244 e. The molecule has 0 aromatic carbocycles. The van der Waals surface area contributed by atoms with Gasteiger partial charge in [0.05, 0.1) is 4.90 Å². The first-order valence-electron chi connectivity index (χ1n) is 7.20. The van der Waals surface area contributed by atoms with Crippen molar-refractivity contribution in [2.75, 3.05) is 6.54 Å². The van der Waals surface area contributed by atoms with Crippen molar-refractivity contribution in [3.05, 3.63) is 15.8 Å². The minimum atomic E-state index is -3.38. The number of rotatable bonds is 4. The van der Waals surface area contributed by atoms with E-state index in [0.29, 0.717) is 11.4 Å². The number of aryl methyl sites for hydroxylation is 2. The van der Waals surface area contributed by atoms with Gasteiger partial charge in [-0.05, 0) is 45.6 Å². The van der Waals surface area contributed by atoms with E-state index >= 15 is 0 Å². The Bertz CT molecular complexity index is 558. The molecule has 4 nitrogen and oxygen atoms in total. The molecular formula is C14H24N2O2S2. The lowest BCUT2D eigenvalue weighted by Gasteiger charge is -2.34. The van der Waals surface area contributed by atoms with E-state index in [2.05, 4.69) is 0 Å². The summed E-state index contributed by atoms with van der Waals surface area (Å²) < 4.78 is 27.4. The molecule has 0 saturated heterocycles. The fourth-order valence-electron chi connectivity index (χ4n) is 3.00. The monoisotopic (exact) mass is 316 g/mol. The standard InChI is InChI=1S/C14H24N2O2S2/c1-4-16(13-7-5-12(15)6-8-13)20(17,18)14-9-10(2)19-11(14)3/h9,12-13H,4-8,15H2,1-3H3. The summed E-state index contributed by atoms with van der Waals surface area (Å²) in [7, 11) is -3.38. The van der Waals surface area contributed by atoms with Crippen molar-refractivity contribution < 1.29 is 8.42 Å². The van der Waals surface area contributed by atoms with Crippen LogP contribution in [0, 0.1) is 13.8 Å². The van der Waals surface area contributed by atoms with Crippen LogP contribution in [0.5, 0.6) is 0 Å². The van der Waals surface area contributed by atoms with E-state index < -0.39 is 10.0 Å². The highest BCUT2D eigenvalue weighted by Crippen LogP contribution is 2.31. The van der Waals surface area contributed by atoms with Crippen LogP contribution in [-0.4, -0.2) is 31.4 Å². The zero-order valence-electron chi connectivity index (χ0n) is 12.4. The summed E-state index contributed by atoms with van der Waals surface area (Å²) in [4.78, 5) is 2.41. The van der Waals surface area contributed by atoms with E-state index in [4.69, 9.17) is 5.73 Å². The smallest absolute Gasteiger partial charge is 0.244 e. The second-order valence-corrected chi connectivity index (χ2v) is 8.87. The normalized spacial score (nSPS) is 24.2. The van der Waals surface area contributed by atoms with Gasteiger partial charge in [0.15, 0.2) is 0 Å². The molecule has 2 rings (SSSR count). The number of hydrogen-bond acceptors (Lipinski definition) is 4. The highest BCUT2D eigenvalue weighted by molar-refractivity contribution is 7.89. The van der Waals surface area contributed by atoms with Crippen LogP contribution in [-0.2, 0) is 10.0 Å². The first-order chi connectivity index (χ1) is 9.36. The number of thiophene rings is 1. The molecule has 20 heavy (non-hydrogen) atoms. The molecule has 1 fully saturated rings. The Labute approximate surface area is 126 Å². The molecule has 2 N–H and O–H groups in total. The largest absolute Gasteiger partial charge is 0.328 e. The minimum Gasteiger partial charge on any atom is -0.328 e. The number of nitrogens with zero attached hydrogens (tertiary/aromatic N) is 1. The van der Waals surface area contributed by atoms with Crippen LogP contribution in [0.1, 0.15) is 42.4 Å². The van der Waals surface area contributed by atoms with Gasteiger partial charge < -0.3 is 5.73 Å². The van der Waals surface area contributed by atoms with Crippen LogP contribution >= 0.6 is 11.3 Å². The number of nitrogens with two attached hydrogens (primary N) is 1. The number of sulfonamides is 1. The summed E-state index contributed by atoms with van der Waals surface area (Å²) in [6.07, 6.45) is 3.57. The molecule has 0 bridgehead atoms. The van der Waals surface area contributed by atoms with Gasteiger partial charge in [-0.25, -0.2) is 8.42 Å². The molecule has 1 saturated carbocycles. The fraction of sp³-hybridized carbons (Fsp3) is 0.714. The summed E-state index contributed by atoms with van der Waals surface area (Å²) in [5.74, 6) is 0. The molecule has 0 radical (unpaired) electrons. The molecule has 1 aromatic rings. The molecule has 1 aliphatic rings. The van der Waals surface area contributed by atoms with E-state index in [0.717, 1.165) is 35.4 Å². The predicted molar refractivity (Wildman–Crippen MR) is 83.6 cm³/mol. The second kappa shape index (κ2) is 6.13. The van der Waals surface area contributed by atoms with Gasteiger partial charge in [-0.15, -0.1) is 11.3 Å². The Morgan fingerprint density at radius 3 is 2.35 bits per heavy atom. The summed E-state index contributed by atoms with van der Waals surface area (Å²) in [5, 5.41) is 0. The molecule has 1 heterocycles. The number of hydrogen-bond donors (Lipinski definition) is 1. The maximum absolute atomic E-state index is 12.9. The Morgan fingerprint density at radius 1 is 1.30 bits per heavy atom.